The number of halogens is 2. The molecule has 0 saturated carbocycles. The van der Waals surface area contributed by atoms with Gasteiger partial charge in [0.25, 0.3) is 5.69 Å². The highest BCUT2D eigenvalue weighted by Gasteiger charge is 2.19. The fourth-order valence-corrected chi connectivity index (χ4v) is 2.75. The third-order valence-corrected chi connectivity index (χ3v) is 4.09. The van der Waals surface area contributed by atoms with Crippen molar-refractivity contribution in [3.05, 3.63) is 75.0 Å². The largest absolute Gasteiger partial charge is 0.383 e. The number of hydrogen-bond donors (Lipinski definition) is 1. The maximum absolute atomic E-state index is 14.1. The summed E-state index contributed by atoms with van der Waals surface area (Å²) in [5.74, 6) is -0.633. The molecule has 2 aromatic carbocycles. The lowest BCUT2D eigenvalue weighted by molar-refractivity contribution is -0.384. The quantitative estimate of drug-likeness (QED) is 0.538. The third-order valence-electron chi connectivity index (χ3n) is 3.76. The number of nitro groups is 1. The molecule has 3 aromatic rings. The van der Waals surface area contributed by atoms with Crippen molar-refractivity contribution in [2.75, 3.05) is 5.73 Å². The van der Waals surface area contributed by atoms with E-state index in [-0.39, 0.29) is 44.5 Å². The summed E-state index contributed by atoms with van der Waals surface area (Å²) in [6, 6.07) is 13.2. The van der Waals surface area contributed by atoms with Gasteiger partial charge in [0.2, 0.25) is 0 Å². The van der Waals surface area contributed by atoms with Gasteiger partial charge >= 0.3 is 0 Å². The van der Waals surface area contributed by atoms with Crippen LogP contribution in [0.25, 0.3) is 22.4 Å². The molecule has 0 unspecified atom stereocenters. The van der Waals surface area contributed by atoms with E-state index in [2.05, 4.69) is 4.98 Å². The van der Waals surface area contributed by atoms with Crippen LogP contribution in [0.4, 0.5) is 15.9 Å². The Morgan fingerprint density at radius 2 is 1.88 bits per heavy atom. The predicted octanol–water partition coefficient (Wildman–Crippen LogP) is 4.57. The lowest BCUT2D eigenvalue weighted by atomic mass is 9.98. The zero-order valence-corrected chi connectivity index (χ0v) is 13.9. The van der Waals surface area contributed by atoms with Gasteiger partial charge < -0.3 is 5.73 Å². The number of hydrogen-bond acceptors (Lipinski definition) is 5. The molecule has 0 saturated heterocycles. The molecule has 0 atom stereocenters. The Balaban J connectivity index is 2.31. The lowest BCUT2D eigenvalue weighted by Gasteiger charge is -2.12. The fraction of sp³-hybridized carbons (Fsp3) is 0. The Kier molecular flexibility index (Phi) is 4.52. The van der Waals surface area contributed by atoms with Gasteiger partial charge in [-0.05, 0) is 24.3 Å². The Morgan fingerprint density at radius 1 is 1.15 bits per heavy atom. The van der Waals surface area contributed by atoms with Crippen molar-refractivity contribution in [1.82, 2.24) is 4.98 Å². The minimum atomic E-state index is -0.575. The normalized spacial score (nSPS) is 10.3. The second kappa shape index (κ2) is 6.78. The third kappa shape index (κ3) is 3.06. The number of aromatic nitrogens is 1. The molecule has 0 bridgehead atoms. The molecule has 0 aliphatic rings. The van der Waals surface area contributed by atoms with Gasteiger partial charge in [0, 0.05) is 33.8 Å². The summed E-state index contributed by atoms with van der Waals surface area (Å²) in [5, 5.41) is 20.7. The Hall–Kier alpha value is -3.50. The van der Waals surface area contributed by atoms with Gasteiger partial charge in [-0.3, -0.25) is 10.1 Å². The highest BCUT2D eigenvalue weighted by Crippen LogP contribution is 2.37. The van der Waals surface area contributed by atoms with Gasteiger partial charge in [-0.2, -0.15) is 5.26 Å². The Bertz CT molecular complexity index is 1080. The van der Waals surface area contributed by atoms with Crippen LogP contribution in [0.5, 0.6) is 0 Å². The Morgan fingerprint density at radius 3 is 2.54 bits per heavy atom. The summed E-state index contributed by atoms with van der Waals surface area (Å²) in [7, 11) is 0. The molecule has 8 heteroatoms. The van der Waals surface area contributed by atoms with E-state index >= 15 is 0 Å². The monoisotopic (exact) mass is 368 g/mol. The van der Waals surface area contributed by atoms with Crippen molar-refractivity contribution in [3.8, 4) is 28.5 Å². The smallest absolute Gasteiger partial charge is 0.270 e. The second-order valence-electron chi connectivity index (χ2n) is 5.33. The van der Waals surface area contributed by atoms with E-state index in [9.17, 15) is 19.8 Å². The first-order valence-electron chi connectivity index (χ1n) is 7.32. The molecule has 0 radical (unpaired) electrons. The molecule has 0 amide bonds. The van der Waals surface area contributed by atoms with Crippen LogP contribution in [-0.2, 0) is 0 Å². The van der Waals surface area contributed by atoms with Crippen molar-refractivity contribution in [3.63, 3.8) is 0 Å². The zero-order chi connectivity index (χ0) is 18.8. The number of pyridine rings is 1. The summed E-state index contributed by atoms with van der Waals surface area (Å²) in [5.41, 5.74) is 6.54. The van der Waals surface area contributed by atoms with Crippen LogP contribution in [0.15, 0.2) is 48.5 Å². The maximum Gasteiger partial charge on any atom is 0.270 e. The van der Waals surface area contributed by atoms with Crippen molar-refractivity contribution >= 4 is 23.1 Å². The van der Waals surface area contributed by atoms with E-state index < -0.39 is 10.7 Å². The molecule has 0 spiro atoms. The molecular weight excluding hydrogens is 359 g/mol. The second-order valence-corrected chi connectivity index (χ2v) is 5.74. The van der Waals surface area contributed by atoms with Gasteiger partial charge in [-0.15, -0.1) is 0 Å². The van der Waals surface area contributed by atoms with E-state index in [0.29, 0.717) is 0 Å². The number of nitrogens with zero attached hydrogens (tertiary/aromatic N) is 3. The number of non-ortho nitro benzene ring substituents is 1. The first kappa shape index (κ1) is 17.3. The lowest BCUT2D eigenvalue weighted by Crippen LogP contribution is -2.01. The van der Waals surface area contributed by atoms with Gasteiger partial charge in [-0.1, -0.05) is 23.7 Å². The SMILES string of the molecule is N#Cc1c(-c2cc([N+](=O)[O-])ccc2Cl)cc(-c2ccccc2F)nc1N. The summed E-state index contributed by atoms with van der Waals surface area (Å²) in [6.45, 7) is 0. The molecule has 0 fully saturated rings. The van der Waals surface area contributed by atoms with Gasteiger partial charge in [0.1, 0.15) is 23.3 Å². The topological polar surface area (TPSA) is 106 Å². The average Bonchev–Trinajstić information content (AvgIpc) is 2.61. The standard InChI is InChI=1S/C18H10ClFN4O2/c19-15-6-5-10(24(25)26)7-13(15)12-8-17(23-18(22)14(12)9-21)11-3-1-2-4-16(11)20/h1-8H,(H2,22,23). The van der Waals surface area contributed by atoms with E-state index in [0.717, 1.165) is 0 Å². The van der Waals surface area contributed by atoms with Crippen LogP contribution >= 0.6 is 11.6 Å². The maximum atomic E-state index is 14.1. The molecule has 26 heavy (non-hydrogen) atoms. The van der Waals surface area contributed by atoms with Crippen molar-refractivity contribution < 1.29 is 9.31 Å². The minimum Gasteiger partial charge on any atom is -0.383 e. The number of nitro benzene ring substituents is 1. The van der Waals surface area contributed by atoms with Crippen LogP contribution in [-0.4, -0.2) is 9.91 Å². The molecule has 2 N–H and O–H groups in total. The average molecular weight is 369 g/mol. The number of benzene rings is 2. The minimum absolute atomic E-state index is 0.00693. The van der Waals surface area contributed by atoms with Crippen molar-refractivity contribution in [2.24, 2.45) is 0 Å². The van der Waals surface area contributed by atoms with E-state index in [4.69, 9.17) is 17.3 Å². The number of anilines is 1. The molecule has 6 nitrogen and oxygen atoms in total. The van der Waals surface area contributed by atoms with Crippen LogP contribution < -0.4 is 5.73 Å². The van der Waals surface area contributed by atoms with E-state index in [1.54, 1.807) is 6.07 Å². The van der Waals surface area contributed by atoms with E-state index in [1.165, 1.54) is 42.5 Å². The van der Waals surface area contributed by atoms with Crippen LogP contribution in [0, 0.1) is 27.3 Å². The van der Waals surface area contributed by atoms with Crippen LogP contribution in [0.3, 0.4) is 0 Å². The summed E-state index contributed by atoms with van der Waals surface area (Å²) in [4.78, 5) is 14.6. The van der Waals surface area contributed by atoms with Gasteiger partial charge in [-0.25, -0.2) is 9.37 Å². The van der Waals surface area contributed by atoms with Crippen LogP contribution in [0.2, 0.25) is 5.02 Å². The number of nitrogens with two attached hydrogens (primary N) is 1. The number of nitriles is 1. The Labute approximate surface area is 152 Å². The molecule has 1 heterocycles. The first-order chi connectivity index (χ1) is 12.4. The van der Waals surface area contributed by atoms with Crippen LogP contribution in [0.1, 0.15) is 5.56 Å². The molecule has 0 aliphatic carbocycles. The first-order valence-corrected chi connectivity index (χ1v) is 7.70. The predicted molar refractivity (Wildman–Crippen MR) is 95.9 cm³/mol. The van der Waals surface area contributed by atoms with Crippen molar-refractivity contribution in [1.29, 1.82) is 5.26 Å². The van der Waals surface area contributed by atoms with Gasteiger partial charge in [0.15, 0.2) is 0 Å². The zero-order valence-electron chi connectivity index (χ0n) is 13.1. The number of nitrogen functional groups attached to an aromatic ring is 1. The molecule has 3 rings (SSSR count). The fourth-order valence-electron chi connectivity index (χ4n) is 2.53. The number of rotatable bonds is 3. The van der Waals surface area contributed by atoms with Crippen molar-refractivity contribution in [2.45, 2.75) is 0 Å². The van der Waals surface area contributed by atoms with E-state index in [1.807, 2.05) is 6.07 Å². The summed E-state index contributed by atoms with van der Waals surface area (Å²) < 4.78 is 14.1. The van der Waals surface area contributed by atoms with Gasteiger partial charge in [0.05, 0.1) is 10.6 Å². The molecular formula is C18H10ClFN4O2. The molecule has 0 aliphatic heterocycles. The summed E-state index contributed by atoms with van der Waals surface area (Å²) in [6.07, 6.45) is 0. The molecule has 128 valence electrons. The highest BCUT2D eigenvalue weighted by molar-refractivity contribution is 6.33. The molecule has 1 aromatic heterocycles. The highest BCUT2D eigenvalue weighted by atomic mass is 35.5. The summed E-state index contributed by atoms with van der Waals surface area (Å²) >= 11 is 6.18.